The van der Waals surface area contributed by atoms with Gasteiger partial charge in [0.15, 0.2) is 0 Å². The molecule has 10 heteroatoms. The van der Waals surface area contributed by atoms with Crippen molar-refractivity contribution >= 4 is 45.3 Å². The third-order valence-electron chi connectivity index (χ3n) is 4.95. The summed E-state index contributed by atoms with van der Waals surface area (Å²) < 4.78 is 28.8. The topological polar surface area (TPSA) is 78.2 Å². The molecule has 3 aromatic rings. The van der Waals surface area contributed by atoms with Crippen molar-refractivity contribution in [3.63, 3.8) is 0 Å². The summed E-state index contributed by atoms with van der Waals surface area (Å²) >= 11 is 11.9. The van der Waals surface area contributed by atoms with Crippen LogP contribution in [-0.2, 0) is 10.0 Å². The molecule has 2 heterocycles. The van der Waals surface area contributed by atoms with Crippen LogP contribution in [0.4, 0.5) is 0 Å². The molecule has 32 heavy (non-hydrogen) atoms. The lowest BCUT2D eigenvalue weighted by molar-refractivity contribution is 0.0920. The van der Waals surface area contributed by atoms with E-state index in [9.17, 15) is 8.42 Å². The van der Waals surface area contributed by atoms with Gasteiger partial charge >= 0.3 is 0 Å². The van der Waals surface area contributed by atoms with Crippen molar-refractivity contribution < 1.29 is 8.42 Å². The molecule has 1 atom stereocenters. The van der Waals surface area contributed by atoms with E-state index in [1.165, 1.54) is 30.6 Å². The molecule has 7 nitrogen and oxygen atoms in total. The third-order valence-corrected chi connectivity index (χ3v) is 6.70. The molecule has 2 aromatic carbocycles. The molecule has 1 aliphatic heterocycles. The third kappa shape index (κ3) is 4.93. The number of hydrazine groups is 1. The first-order valence-electron chi connectivity index (χ1n) is 9.64. The average molecular weight is 488 g/mol. The van der Waals surface area contributed by atoms with Gasteiger partial charge in [-0.05, 0) is 53.6 Å². The summed E-state index contributed by atoms with van der Waals surface area (Å²) in [5, 5.41) is 9.03. The average Bonchev–Trinajstić information content (AvgIpc) is 3.24. The van der Waals surface area contributed by atoms with E-state index in [1.54, 1.807) is 29.6 Å². The summed E-state index contributed by atoms with van der Waals surface area (Å²) in [5.74, 6) is -0.0615. The van der Waals surface area contributed by atoms with Crippen molar-refractivity contribution in [2.45, 2.75) is 10.8 Å². The van der Waals surface area contributed by atoms with Crippen LogP contribution in [0, 0.1) is 0 Å². The first-order chi connectivity index (χ1) is 15.3. The van der Waals surface area contributed by atoms with Crippen molar-refractivity contribution in [1.29, 1.82) is 0 Å². The van der Waals surface area contributed by atoms with Crippen LogP contribution in [0.3, 0.4) is 0 Å². The molecule has 4 rings (SSSR count). The molecule has 1 aliphatic rings. The second-order valence-electron chi connectivity index (χ2n) is 7.11. The number of hydrogen-bond donors (Lipinski definition) is 0. The fourth-order valence-electron chi connectivity index (χ4n) is 3.27. The van der Waals surface area contributed by atoms with E-state index in [4.69, 9.17) is 28.3 Å². The maximum Gasteiger partial charge on any atom is 0.283 e. The van der Waals surface area contributed by atoms with Crippen LogP contribution in [0.1, 0.15) is 17.0 Å². The van der Waals surface area contributed by atoms with Crippen molar-refractivity contribution in [1.82, 2.24) is 15.1 Å². The van der Waals surface area contributed by atoms with E-state index in [1.807, 2.05) is 36.4 Å². The lowest BCUT2D eigenvalue weighted by Gasteiger charge is -2.24. The summed E-state index contributed by atoms with van der Waals surface area (Å²) in [5.41, 5.74) is 2.75. The predicted octanol–water partition coefficient (Wildman–Crippen LogP) is 4.46. The number of sulfonamides is 1. The van der Waals surface area contributed by atoms with Crippen LogP contribution in [-0.4, -0.2) is 49.2 Å². The standard InChI is InChI=1S/C22H19Cl2N5O2S/c1-28(15-26-32(30,31)20-10-8-19(24)9-11-20)29-14-21(17-3-2-12-25-13-17)22(27-29)16-4-6-18(23)7-5-16/h2-13,15,21H,14H2,1H3/b26-15+. The highest BCUT2D eigenvalue weighted by Crippen LogP contribution is 2.29. The minimum atomic E-state index is -3.87. The molecule has 0 fully saturated rings. The van der Waals surface area contributed by atoms with Gasteiger partial charge in [-0.3, -0.25) is 9.99 Å². The summed E-state index contributed by atoms with van der Waals surface area (Å²) in [7, 11) is -2.18. The molecule has 0 bridgehead atoms. The van der Waals surface area contributed by atoms with Crippen molar-refractivity contribution in [2.75, 3.05) is 13.6 Å². The monoisotopic (exact) mass is 487 g/mol. The normalized spacial score (nSPS) is 16.4. The lowest BCUT2D eigenvalue weighted by atomic mass is 9.92. The number of hydrogen-bond acceptors (Lipinski definition) is 5. The maximum atomic E-state index is 12.5. The summed E-state index contributed by atoms with van der Waals surface area (Å²) in [6.07, 6.45) is 4.76. The van der Waals surface area contributed by atoms with E-state index < -0.39 is 10.0 Å². The second kappa shape index (κ2) is 9.28. The Kier molecular flexibility index (Phi) is 6.45. The van der Waals surface area contributed by atoms with Gasteiger partial charge in [-0.1, -0.05) is 41.4 Å². The second-order valence-corrected chi connectivity index (χ2v) is 9.61. The van der Waals surface area contributed by atoms with Crippen LogP contribution in [0.15, 0.2) is 87.5 Å². The largest absolute Gasteiger partial charge is 0.283 e. The number of pyridine rings is 1. The molecule has 1 aromatic heterocycles. The van der Waals surface area contributed by atoms with Crippen LogP contribution in [0.2, 0.25) is 10.0 Å². The van der Waals surface area contributed by atoms with E-state index in [0.29, 0.717) is 16.6 Å². The Hall–Kier alpha value is -2.94. The molecule has 0 aliphatic carbocycles. The smallest absolute Gasteiger partial charge is 0.264 e. The number of hydrazone groups is 1. The van der Waals surface area contributed by atoms with Gasteiger partial charge in [-0.15, -0.1) is 4.40 Å². The Morgan fingerprint density at radius 1 is 1.06 bits per heavy atom. The van der Waals surface area contributed by atoms with Gasteiger partial charge in [0, 0.05) is 29.5 Å². The predicted molar refractivity (Wildman–Crippen MR) is 127 cm³/mol. The summed E-state index contributed by atoms with van der Waals surface area (Å²) in [6.45, 7) is 0.493. The van der Waals surface area contributed by atoms with Gasteiger partial charge in [0.05, 0.1) is 23.1 Å². The maximum absolute atomic E-state index is 12.5. The Balaban J connectivity index is 1.60. The Morgan fingerprint density at radius 3 is 2.34 bits per heavy atom. The highest BCUT2D eigenvalue weighted by Gasteiger charge is 2.31. The van der Waals surface area contributed by atoms with Crippen LogP contribution < -0.4 is 0 Å². The Labute approximate surface area is 196 Å². The van der Waals surface area contributed by atoms with Gasteiger partial charge in [0.2, 0.25) is 0 Å². The number of rotatable bonds is 6. The minimum Gasteiger partial charge on any atom is -0.264 e. The Bertz CT molecular complexity index is 1250. The zero-order chi connectivity index (χ0) is 22.7. The number of benzene rings is 2. The van der Waals surface area contributed by atoms with Crippen LogP contribution in [0.5, 0.6) is 0 Å². The molecule has 0 saturated carbocycles. The fourth-order valence-corrected chi connectivity index (χ4v) is 4.38. The number of nitrogens with zero attached hydrogens (tertiary/aromatic N) is 5. The summed E-state index contributed by atoms with van der Waals surface area (Å²) in [4.78, 5) is 4.29. The fraction of sp³-hybridized carbons (Fsp3) is 0.136. The van der Waals surface area contributed by atoms with Crippen molar-refractivity contribution in [3.05, 3.63) is 94.2 Å². The number of halogens is 2. The SMILES string of the molecule is CN(/C=N/S(=O)(=O)c1ccc(Cl)cc1)N1CC(c2cccnc2)C(c2ccc(Cl)cc2)=N1. The number of aromatic nitrogens is 1. The molecule has 0 spiro atoms. The van der Waals surface area contributed by atoms with Gasteiger partial charge < -0.3 is 0 Å². The quantitative estimate of drug-likeness (QED) is 0.378. The molecule has 0 saturated heterocycles. The zero-order valence-electron chi connectivity index (χ0n) is 17.0. The highest BCUT2D eigenvalue weighted by atomic mass is 35.5. The van der Waals surface area contributed by atoms with Gasteiger partial charge in [-0.25, -0.2) is 5.12 Å². The summed E-state index contributed by atoms with van der Waals surface area (Å²) in [6, 6.07) is 17.2. The first kappa shape index (κ1) is 22.3. The molecular weight excluding hydrogens is 469 g/mol. The lowest BCUT2D eigenvalue weighted by Crippen LogP contribution is -2.34. The molecule has 164 valence electrons. The van der Waals surface area contributed by atoms with Gasteiger partial charge in [0.25, 0.3) is 10.0 Å². The minimum absolute atomic E-state index is 0.0615. The van der Waals surface area contributed by atoms with Crippen LogP contribution >= 0.6 is 23.2 Å². The first-order valence-corrected chi connectivity index (χ1v) is 11.8. The van der Waals surface area contributed by atoms with E-state index in [0.717, 1.165) is 16.8 Å². The zero-order valence-corrected chi connectivity index (χ0v) is 19.3. The molecule has 0 N–H and O–H groups in total. The van der Waals surface area contributed by atoms with E-state index in [-0.39, 0.29) is 10.8 Å². The van der Waals surface area contributed by atoms with Gasteiger partial charge in [0.1, 0.15) is 6.34 Å². The van der Waals surface area contributed by atoms with E-state index in [2.05, 4.69) is 9.38 Å². The highest BCUT2D eigenvalue weighted by molar-refractivity contribution is 7.90. The van der Waals surface area contributed by atoms with Crippen molar-refractivity contribution in [2.24, 2.45) is 9.50 Å². The molecule has 0 radical (unpaired) electrons. The molecule has 0 amide bonds. The van der Waals surface area contributed by atoms with E-state index >= 15 is 0 Å². The molecular formula is C22H19Cl2N5O2S. The Morgan fingerprint density at radius 2 is 1.72 bits per heavy atom. The molecule has 1 unspecified atom stereocenters. The van der Waals surface area contributed by atoms with Gasteiger partial charge in [-0.2, -0.15) is 13.5 Å². The van der Waals surface area contributed by atoms with Crippen molar-refractivity contribution in [3.8, 4) is 0 Å². The van der Waals surface area contributed by atoms with Crippen LogP contribution in [0.25, 0.3) is 0 Å².